The van der Waals surface area contributed by atoms with Gasteiger partial charge in [-0.1, -0.05) is 28.7 Å². The molecule has 0 amide bonds. The zero-order chi connectivity index (χ0) is 10.4. The summed E-state index contributed by atoms with van der Waals surface area (Å²) in [6.45, 7) is 0. The lowest BCUT2D eigenvalue weighted by molar-refractivity contribution is 0.414. The van der Waals surface area contributed by atoms with Gasteiger partial charge in [0.1, 0.15) is 5.75 Å². The molecule has 2 nitrogen and oxygen atoms in total. The Balaban J connectivity index is 2.98. The molecule has 0 radical (unpaired) electrons. The average Bonchev–Trinajstić information content (AvgIpc) is 2.21. The van der Waals surface area contributed by atoms with Crippen LogP contribution in [0.2, 0.25) is 0 Å². The molecule has 0 heterocycles. The van der Waals surface area contributed by atoms with E-state index in [1.165, 1.54) is 5.56 Å². The molecule has 0 saturated heterocycles. The Hall–Kier alpha value is -0.760. The standard InChI is InChI=1S/C11H12INO/c1-14-11-3-2-9(5-7-13)10(8-11)4-6-12/h2-3,8H,4-6H2,1H3. The first-order valence-corrected chi connectivity index (χ1v) is 5.93. The van der Waals surface area contributed by atoms with E-state index in [-0.39, 0.29) is 0 Å². The number of benzene rings is 1. The fourth-order valence-corrected chi connectivity index (χ4v) is 1.90. The number of alkyl halides is 1. The minimum absolute atomic E-state index is 0.482. The second-order valence-corrected chi connectivity index (χ2v) is 3.99. The van der Waals surface area contributed by atoms with E-state index >= 15 is 0 Å². The Morgan fingerprint density at radius 1 is 1.43 bits per heavy atom. The summed E-state index contributed by atoms with van der Waals surface area (Å²) in [4.78, 5) is 0. The lowest BCUT2D eigenvalue weighted by atomic mass is 10.0. The van der Waals surface area contributed by atoms with E-state index in [2.05, 4.69) is 28.7 Å². The van der Waals surface area contributed by atoms with Gasteiger partial charge >= 0.3 is 0 Å². The lowest BCUT2D eigenvalue weighted by Crippen LogP contribution is -1.95. The Bertz CT molecular complexity index is 344. The highest BCUT2D eigenvalue weighted by Gasteiger charge is 2.03. The number of hydrogen-bond acceptors (Lipinski definition) is 2. The molecule has 0 saturated carbocycles. The molecule has 0 spiro atoms. The van der Waals surface area contributed by atoms with Crippen LogP contribution in [0.4, 0.5) is 0 Å². The van der Waals surface area contributed by atoms with Crippen LogP contribution in [0.5, 0.6) is 5.75 Å². The second-order valence-electron chi connectivity index (χ2n) is 2.91. The second kappa shape index (κ2) is 5.86. The molecule has 1 aromatic carbocycles. The van der Waals surface area contributed by atoms with Crippen molar-refractivity contribution in [3.8, 4) is 11.8 Å². The molecule has 0 unspecified atom stereocenters. The number of rotatable bonds is 4. The maximum Gasteiger partial charge on any atom is 0.119 e. The summed E-state index contributed by atoms with van der Waals surface area (Å²) in [7, 11) is 1.66. The van der Waals surface area contributed by atoms with Crippen LogP contribution >= 0.6 is 22.6 Å². The van der Waals surface area contributed by atoms with Crippen molar-refractivity contribution in [1.82, 2.24) is 0 Å². The summed E-state index contributed by atoms with van der Waals surface area (Å²) in [5.41, 5.74) is 2.34. The van der Waals surface area contributed by atoms with Crippen molar-refractivity contribution in [2.45, 2.75) is 12.8 Å². The molecule has 1 aromatic rings. The molecular weight excluding hydrogens is 289 g/mol. The third-order valence-electron chi connectivity index (χ3n) is 2.05. The first-order chi connectivity index (χ1) is 6.81. The highest BCUT2D eigenvalue weighted by molar-refractivity contribution is 14.1. The summed E-state index contributed by atoms with van der Waals surface area (Å²) in [6.07, 6.45) is 1.48. The quantitative estimate of drug-likeness (QED) is 0.633. The van der Waals surface area contributed by atoms with Gasteiger partial charge in [0.15, 0.2) is 0 Å². The lowest BCUT2D eigenvalue weighted by Gasteiger charge is -2.07. The molecule has 0 atom stereocenters. The van der Waals surface area contributed by atoms with Crippen molar-refractivity contribution in [2.24, 2.45) is 0 Å². The number of nitriles is 1. The van der Waals surface area contributed by atoms with E-state index in [0.717, 1.165) is 22.2 Å². The highest BCUT2D eigenvalue weighted by Crippen LogP contribution is 2.19. The van der Waals surface area contributed by atoms with Crippen LogP contribution in [0.15, 0.2) is 18.2 Å². The van der Waals surface area contributed by atoms with Crippen LogP contribution in [-0.4, -0.2) is 11.5 Å². The van der Waals surface area contributed by atoms with Gasteiger partial charge in [-0.3, -0.25) is 0 Å². The Kier molecular flexibility index (Phi) is 4.74. The van der Waals surface area contributed by atoms with Crippen molar-refractivity contribution in [3.63, 3.8) is 0 Å². The van der Waals surface area contributed by atoms with Crippen molar-refractivity contribution in [2.75, 3.05) is 11.5 Å². The fourth-order valence-electron chi connectivity index (χ4n) is 1.32. The zero-order valence-electron chi connectivity index (χ0n) is 8.09. The number of hydrogen-bond donors (Lipinski definition) is 0. The van der Waals surface area contributed by atoms with Crippen LogP contribution in [0.1, 0.15) is 11.1 Å². The van der Waals surface area contributed by atoms with E-state index < -0.39 is 0 Å². The predicted molar refractivity (Wildman–Crippen MR) is 64.9 cm³/mol. The maximum absolute atomic E-state index is 8.66. The summed E-state index contributed by atoms with van der Waals surface area (Å²) < 4.78 is 6.21. The largest absolute Gasteiger partial charge is 0.497 e. The number of halogens is 1. The van der Waals surface area contributed by atoms with Gasteiger partial charge in [-0.05, 0) is 29.7 Å². The van der Waals surface area contributed by atoms with Crippen molar-refractivity contribution in [1.29, 1.82) is 5.26 Å². The van der Waals surface area contributed by atoms with Gasteiger partial charge in [0.05, 0.1) is 19.6 Å². The predicted octanol–water partition coefficient (Wildman–Crippen LogP) is 2.74. The molecule has 0 aliphatic heterocycles. The van der Waals surface area contributed by atoms with Crippen LogP contribution in [0.3, 0.4) is 0 Å². The van der Waals surface area contributed by atoms with Gasteiger partial charge in [0.2, 0.25) is 0 Å². The minimum Gasteiger partial charge on any atom is -0.497 e. The summed E-state index contributed by atoms with van der Waals surface area (Å²) in [5, 5.41) is 8.66. The molecule has 0 aliphatic carbocycles. The Labute approximate surface area is 98.0 Å². The molecule has 0 N–H and O–H groups in total. The zero-order valence-corrected chi connectivity index (χ0v) is 10.2. The Morgan fingerprint density at radius 3 is 2.79 bits per heavy atom. The first kappa shape index (κ1) is 11.3. The van der Waals surface area contributed by atoms with Crippen molar-refractivity contribution < 1.29 is 4.74 Å². The fraction of sp³-hybridized carbons (Fsp3) is 0.364. The molecule has 0 aromatic heterocycles. The Morgan fingerprint density at radius 2 is 2.21 bits per heavy atom. The molecule has 14 heavy (non-hydrogen) atoms. The summed E-state index contributed by atoms with van der Waals surface area (Å²) in [5.74, 6) is 0.867. The molecule has 3 heteroatoms. The van der Waals surface area contributed by atoms with Crippen LogP contribution in [0.25, 0.3) is 0 Å². The summed E-state index contributed by atoms with van der Waals surface area (Å²) >= 11 is 2.34. The maximum atomic E-state index is 8.66. The molecule has 0 bridgehead atoms. The van der Waals surface area contributed by atoms with Gasteiger partial charge in [-0.25, -0.2) is 0 Å². The van der Waals surface area contributed by atoms with Crippen molar-refractivity contribution in [3.05, 3.63) is 29.3 Å². The normalized spacial score (nSPS) is 9.50. The highest BCUT2D eigenvalue weighted by atomic mass is 127. The van der Waals surface area contributed by atoms with Crippen LogP contribution in [-0.2, 0) is 12.8 Å². The molecular formula is C11H12INO. The number of nitrogens with zero attached hydrogens (tertiary/aromatic N) is 1. The number of aryl methyl sites for hydroxylation is 1. The smallest absolute Gasteiger partial charge is 0.119 e. The first-order valence-electron chi connectivity index (χ1n) is 4.40. The SMILES string of the molecule is COc1ccc(CC#N)c(CCI)c1. The molecule has 0 fully saturated rings. The van der Waals surface area contributed by atoms with E-state index in [9.17, 15) is 0 Å². The summed E-state index contributed by atoms with van der Waals surface area (Å²) in [6, 6.07) is 8.08. The molecule has 0 aliphatic rings. The third kappa shape index (κ3) is 2.88. The van der Waals surface area contributed by atoms with E-state index in [4.69, 9.17) is 10.00 Å². The van der Waals surface area contributed by atoms with Gasteiger partial charge in [-0.2, -0.15) is 5.26 Å². The van der Waals surface area contributed by atoms with Gasteiger partial charge < -0.3 is 4.74 Å². The van der Waals surface area contributed by atoms with Gasteiger partial charge in [0, 0.05) is 4.43 Å². The minimum atomic E-state index is 0.482. The van der Waals surface area contributed by atoms with Gasteiger partial charge in [-0.15, -0.1) is 0 Å². The van der Waals surface area contributed by atoms with E-state index in [1.54, 1.807) is 7.11 Å². The molecule has 74 valence electrons. The number of methoxy groups -OCH3 is 1. The number of ether oxygens (including phenoxy) is 1. The average molecular weight is 301 g/mol. The van der Waals surface area contributed by atoms with Crippen LogP contribution in [0, 0.1) is 11.3 Å². The molecule has 1 rings (SSSR count). The van der Waals surface area contributed by atoms with Gasteiger partial charge in [0.25, 0.3) is 0 Å². The van der Waals surface area contributed by atoms with Crippen LogP contribution < -0.4 is 4.74 Å². The van der Waals surface area contributed by atoms with E-state index in [0.29, 0.717) is 6.42 Å². The van der Waals surface area contributed by atoms with E-state index in [1.807, 2.05) is 18.2 Å². The third-order valence-corrected chi connectivity index (χ3v) is 2.59. The van der Waals surface area contributed by atoms with Crippen molar-refractivity contribution >= 4 is 22.6 Å². The topological polar surface area (TPSA) is 33.0 Å². The monoisotopic (exact) mass is 301 g/mol.